The number of carbonyl (C=O) groups excluding carboxylic acids is 2. The maximum atomic E-state index is 11.6. The Morgan fingerprint density at radius 2 is 1.74 bits per heavy atom. The molecule has 122 valence electrons. The minimum atomic E-state index is -0.727. The summed E-state index contributed by atoms with van der Waals surface area (Å²) in [6.45, 7) is 0.602. The maximum absolute atomic E-state index is 11.6. The van der Waals surface area contributed by atoms with E-state index in [9.17, 15) is 14.7 Å². The summed E-state index contributed by atoms with van der Waals surface area (Å²) in [4.78, 5) is 23.3. The molecule has 2 aromatic rings. The van der Waals surface area contributed by atoms with Gasteiger partial charge >= 0.3 is 11.8 Å². The molecule has 0 aliphatic carbocycles. The molecule has 6 nitrogen and oxygen atoms in total. The molecule has 0 aliphatic rings. The van der Waals surface area contributed by atoms with Crippen LogP contribution in [-0.4, -0.2) is 30.0 Å². The van der Waals surface area contributed by atoms with Crippen LogP contribution in [0.3, 0.4) is 0 Å². The van der Waals surface area contributed by atoms with Crippen LogP contribution < -0.4 is 10.6 Å². The number of carbonyl (C=O) groups is 2. The number of benzene rings is 1. The van der Waals surface area contributed by atoms with Gasteiger partial charge in [-0.1, -0.05) is 30.3 Å². The second kappa shape index (κ2) is 8.75. The van der Waals surface area contributed by atoms with Crippen molar-refractivity contribution in [2.75, 3.05) is 13.1 Å². The topological polar surface area (TPSA) is 91.6 Å². The molecule has 0 saturated heterocycles. The molecule has 0 fully saturated rings. The Hall–Kier alpha value is -2.60. The normalized spacial score (nSPS) is 11.7. The summed E-state index contributed by atoms with van der Waals surface area (Å²) < 4.78 is 4.87. The van der Waals surface area contributed by atoms with Crippen LogP contribution in [0.4, 0.5) is 0 Å². The van der Waals surface area contributed by atoms with Gasteiger partial charge in [0.15, 0.2) is 0 Å². The number of nitrogens with one attached hydrogen (secondary N) is 2. The van der Waals surface area contributed by atoms with Crippen molar-refractivity contribution in [3.05, 3.63) is 60.1 Å². The lowest BCUT2D eigenvalue weighted by Crippen LogP contribution is -2.41. The molecule has 6 heteroatoms. The van der Waals surface area contributed by atoms with E-state index in [0.29, 0.717) is 24.9 Å². The fourth-order valence-electron chi connectivity index (χ4n) is 2.08. The first-order valence-corrected chi connectivity index (χ1v) is 7.47. The van der Waals surface area contributed by atoms with E-state index in [1.165, 1.54) is 12.5 Å². The minimum Gasteiger partial charge on any atom is -0.472 e. The molecule has 0 bridgehead atoms. The zero-order valence-corrected chi connectivity index (χ0v) is 12.7. The van der Waals surface area contributed by atoms with Gasteiger partial charge in [0.05, 0.1) is 18.6 Å². The van der Waals surface area contributed by atoms with Crippen molar-refractivity contribution < 1.29 is 19.1 Å². The molecule has 0 spiro atoms. The van der Waals surface area contributed by atoms with Crippen LogP contribution in [0.15, 0.2) is 53.3 Å². The Kier molecular flexibility index (Phi) is 6.38. The number of hydrogen-bond donors (Lipinski definition) is 3. The average molecular weight is 316 g/mol. The Morgan fingerprint density at radius 3 is 2.39 bits per heavy atom. The largest absolute Gasteiger partial charge is 0.472 e. The van der Waals surface area contributed by atoms with E-state index < -0.39 is 17.9 Å². The van der Waals surface area contributed by atoms with Gasteiger partial charge < -0.3 is 20.2 Å². The van der Waals surface area contributed by atoms with E-state index in [0.717, 1.165) is 5.56 Å². The van der Waals surface area contributed by atoms with Crippen LogP contribution in [0.5, 0.6) is 0 Å². The summed E-state index contributed by atoms with van der Waals surface area (Å²) in [5.41, 5.74) is 1.74. The first-order chi connectivity index (χ1) is 11.2. The fourth-order valence-corrected chi connectivity index (χ4v) is 2.08. The van der Waals surface area contributed by atoms with Gasteiger partial charge in [-0.25, -0.2) is 0 Å². The molecule has 3 N–H and O–H groups in total. The zero-order chi connectivity index (χ0) is 16.5. The summed E-state index contributed by atoms with van der Waals surface area (Å²) in [5.74, 6) is -1.36. The lowest BCUT2D eigenvalue weighted by atomic mass is 10.1. The second-order valence-corrected chi connectivity index (χ2v) is 5.11. The minimum absolute atomic E-state index is 0.206. The quantitative estimate of drug-likeness (QED) is 0.669. The third-order valence-corrected chi connectivity index (χ3v) is 3.38. The van der Waals surface area contributed by atoms with Crippen molar-refractivity contribution in [1.29, 1.82) is 0 Å². The summed E-state index contributed by atoms with van der Waals surface area (Å²) in [7, 11) is 0. The van der Waals surface area contributed by atoms with Crippen LogP contribution in [0, 0.1) is 0 Å². The number of rotatable bonds is 7. The predicted molar refractivity (Wildman–Crippen MR) is 84.5 cm³/mol. The molecule has 2 rings (SSSR count). The first-order valence-electron chi connectivity index (χ1n) is 7.47. The summed E-state index contributed by atoms with van der Waals surface area (Å²) in [6.07, 6.45) is 3.16. The van der Waals surface area contributed by atoms with Gasteiger partial charge in [0.2, 0.25) is 0 Å². The lowest BCUT2D eigenvalue weighted by Gasteiger charge is -2.09. The zero-order valence-electron chi connectivity index (χ0n) is 12.7. The highest BCUT2D eigenvalue weighted by atomic mass is 16.3. The monoisotopic (exact) mass is 316 g/mol. The predicted octanol–water partition coefficient (Wildman–Crippen LogP) is 1.18. The molecule has 23 heavy (non-hydrogen) atoms. The van der Waals surface area contributed by atoms with Crippen LogP contribution in [0.25, 0.3) is 0 Å². The van der Waals surface area contributed by atoms with Gasteiger partial charge in [-0.3, -0.25) is 9.59 Å². The van der Waals surface area contributed by atoms with Gasteiger partial charge in [-0.15, -0.1) is 0 Å². The Morgan fingerprint density at radius 1 is 1.04 bits per heavy atom. The Labute approximate surface area is 134 Å². The fraction of sp³-hybridized carbons (Fsp3) is 0.294. The van der Waals surface area contributed by atoms with Crippen LogP contribution in [0.1, 0.15) is 23.7 Å². The molecule has 1 atom stereocenters. The van der Waals surface area contributed by atoms with Gasteiger partial charge in [0, 0.05) is 18.7 Å². The van der Waals surface area contributed by atoms with Crippen molar-refractivity contribution >= 4 is 11.8 Å². The van der Waals surface area contributed by atoms with E-state index in [2.05, 4.69) is 10.6 Å². The third kappa shape index (κ3) is 5.60. The highest BCUT2D eigenvalue weighted by Crippen LogP contribution is 2.15. The van der Waals surface area contributed by atoms with Crippen LogP contribution >= 0.6 is 0 Å². The molecule has 1 aromatic heterocycles. The first kappa shape index (κ1) is 16.8. The molecule has 1 heterocycles. The third-order valence-electron chi connectivity index (χ3n) is 3.38. The number of furan rings is 1. The molecule has 1 unspecified atom stereocenters. The van der Waals surface area contributed by atoms with E-state index in [1.54, 1.807) is 6.07 Å². The molecule has 0 saturated carbocycles. The van der Waals surface area contributed by atoms with Gasteiger partial charge in [-0.2, -0.15) is 0 Å². The van der Waals surface area contributed by atoms with Crippen molar-refractivity contribution in [3.63, 3.8) is 0 Å². The Bertz CT molecular complexity index is 611. The van der Waals surface area contributed by atoms with Gasteiger partial charge in [0.1, 0.15) is 0 Å². The maximum Gasteiger partial charge on any atom is 0.309 e. The summed E-state index contributed by atoms with van der Waals surface area (Å²) >= 11 is 0. The van der Waals surface area contributed by atoms with Crippen molar-refractivity contribution in [1.82, 2.24) is 10.6 Å². The molecule has 2 amide bonds. The molecule has 0 aliphatic heterocycles. The number of amides is 2. The molecular weight excluding hydrogens is 296 g/mol. The number of aliphatic hydroxyl groups is 1. The summed E-state index contributed by atoms with van der Waals surface area (Å²) in [5, 5.41) is 14.9. The number of aliphatic hydroxyl groups excluding tert-OH is 1. The van der Waals surface area contributed by atoms with Gasteiger partial charge in [-0.05, 0) is 24.5 Å². The standard InChI is InChI=1S/C17H20N2O4/c20-15(14-8-11-23-12-14)7-10-19-17(22)16(21)18-9-6-13-4-2-1-3-5-13/h1-5,8,11-12,15,20H,6-7,9-10H2,(H,18,21)(H,19,22). The van der Waals surface area contributed by atoms with Gasteiger partial charge in [0.25, 0.3) is 0 Å². The molecule has 1 aromatic carbocycles. The molecular formula is C17H20N2O4. The smallest absolute Gasteiger partial charge is 0.309 e. The van der Waals surface area contributed by atoms with Crippen molar-refractivity contribution in [2.45, 2.75) is 18.9 Å². The van der Waals surface area contributed by atoms with Crippen LogP contribution in [0.2, 0.25) is 0 Å². The van der Waals surface area contributed by atoms with Crippen molar-refractivity contribution in [2.24, 2.45) is 0 Å². The Balaban J connectivity index is 1.62. The number of hydrogen-bond acceptors (Lipinski definition) is 4. The van der Waals surface area contributed by atoms with E-state index >= 15 is 0 Å². The SMILES string of the molecule is O=C(NCCc1ccccc1)C(=O)NCCC(O)c1ccoc1. The van der Waals surface area contributed by atoms with Crippen molar-refractivity contribution in [3.8, 4) is 0 Å². The van der Waals surface area contributed by atoms with E-state index in [-0.39, 0.29) is 6.54 Å². The highest BCUT2D eigenvalue weighted by molar-refractivity contribution is 6.35. The lowest BCUT2D eigenvalue weighted by molar-refractivity contribution is -0.139. The summed E-state index contributed by atoms with van der Waals surface area (Å²) in [6, 6.07) is 11.4. The van der Waals surface area contributed by atoms with E-state index in [1.807, 2.05) is 30.3 Å². The highest BCUT2D eigenvalue weighted by Gasteiger charge is 2.14. The van der Waals surface area contributed by atoms with E-state index in [4.69, 9.17) is 4.42 Å². The molecule has 0 radical (unpaired) electrons. The second-order valence-electron chi connectivity index (χ2n) is 5.11. The average Bonchev–Trinajstić information content (AvgIpc) is 3.10. The van der Waals surface area contributed by atoms with Crippen LogP contribution in [-0.2, 0) is 16.0 Å².